The molecule has 0 radical (unpaired) electrons. The van der Waals surface area contributed by atoms with Crippen LogP contribution in [0, 0.1) is 0 Å². The van der Waals surface area contributed by atoms with Crippen molar-refractivity contribution in [1.82, 2.24) is 0 Å². The molecule has 0 amide bonds. The first-order valence-corrected chi connectivity index (χ1v) is 7.77. The summed E-state index contributed by atoms with van der Waals surface area (Å²) in [7, 11) is 0. The number of ether oxygens (including phenoxy) is 3. The average Bonchev–Trinajstić information content (AvgIpc) is 3.12. The van der Waals surface area contributed by atoms with Gasteiger partial charge >= 0.3 is 0 Å². The second-order valence-corrected chi connectivity index (χ2v) is 5.41. The zero-order chi connectivity index (χ0) is 16.8. The maximum atomic E-state index is 13.2. The van der Waals surface area contributed by atoms with Crippen LogP contribution in [0.1, 0.15) is 17.5 Å². The Morgan fingerprint density at radius 2 is 1.62 bits per heavy atom. The molecule has 0 bridgehead atoms. The van der Waals surface area contributed by atoms with E-state index >= 15 is 0 Å². The average molecular weight is 332 g/mol. The van der Waals surface area contributed by atoms with Gasteiger partial charge in [0.05, 0.1) is 13.2 Å². The van der Waals surface area contributed by atoms with Crippen LogP contribution in [0.25, 0.3) is 5.57 Å². The molecule has 2 aromatic carbocycles. The minimum Gasteiger partial charge on any atom is -0.489 e. The molecule has 2 aromatic rings. The summed E-state index contributed by atoms with van der Waals surface area (Å²) in [6.45, 7) is 1.32. The van der Waals surface area contributed by atoms with Crippen molar-refractivity contribution in [2.24, 2.45) is 0 Å². The summed E-state index contributed by atoms with van der Waals surface area (Å²) in [5.74, 6) is 0.634. The van der Waals surface area contributed by atoms with E-state index in [1.807, 2.05) is 30.3 Å². The predicted octanol–water partition coefficient (Wildman–Crippen LogP) is 4.64. The van der Waals surface area contributed by atoms with Gasteiger partial charge in [-0.25, -0.2) is 0 Å². The van der Waals surface area contributed by atoms with Crippen molar-refractivity contribution in [2.75, 3.05) is 13.2 Å². The van der Waals surface area contributed by atoms with Crippen LogP contribution in [0.5, 0.6) is 5.75 Å². The summed E-state index contributed by atoms with van der Waals surface area (Å²) in [5.41, 5.74) is 1.44. The van der Waals surface area contributed by atoms with Crippen molar-refractivity contribution >= 4 is 5.57 Å². The number of hydrogen-bond donors (Lipinski definition) is 0. The van der Waals surface area contributed by atoms with Gasteiger partial charge < -0.3 is 14.2 Å². The third kappa shape index (κ3) is 4.40. The lowest BCUT2D eigenvalue weighted by molar-refractivity contribution is -0.0367. The third-order valence-corrected chi connectivity index (χ3v) is 3.74. The van der Waals surface area contributed by atoms with Gasteiger partial charge in [-0.1, -0.05) is 42.5 Å². The van der Waals surface area contributed by atoms with E-state index < -0.39 is 12.4 Å². The predicted molar refractivity (Wildman–Crippen MR) is 86.7 cm³/mol. The molecule has 1 aliphatic heterocycles. The lowest BCUT2D eigenvalue weighted by atomic mass is 10.0. The Labute approximate surface area is 139 Å². The highest BCUT2D eigenvalue weighted by molar-refractivity contribution is 5.67. The Morgan fingerprint density at radius 1 is 0.958 bits per heavy atom. The van der Waals surface area contributed by atoms with Crippen LogP contribution in [0.4, 0.5) is 8.78 Å². The van der Waals surface area contributed by atoms with Crippen LogP contribution in [-0.2, 0) is 16.1 Å². The molecule has 1 fully saturated rings. The molecular weight excluding hydrogens is 314 g/mol. The monoisotopic (exact) mass is 332 g/mol. The minimum absolute atomic E-state index is 0.0343. The van der Waals surface area contributed by atoms with Crippen LogP contribution in [-0.4, -0.2) is 19.5 Å². The Balaban J connectivity index is 1.64. The van der Waals surface area contributed by atoms with Crippen LogP contribution in [0.15, 0.2) is 60.7 Å². The van der Waals surface area contributed by atoms with Crippen molar-refractivity contribution in [3.8, 4) is 5.75 Å². The standard InChI is InChI=1S/C19H18F2O3/c20-19(21)17(12-18-22-10-11-23-18)15-6-8-16(9-7-15)24-13-14-4-2-1-3-5-14/h1-9,18H,10-13H2. The Kier molecular flexibility index (Phi) is 5.56. The molecule has 24 heavy (non-hydrogen) atoms. The summed E-state index contributed by atoms with van der Waals surface area (Å²) in [4.78, 5) is 0. The Bertz CT molecular complexity index is 674. The highest BCUT2D eigenvalue weighted by Gasteiger charge is 2.21. The molecule has 0 saturated carbocycles. The second-order valence-electron chi connectivity index (χ2n) is 5.41. The fourth-order valence-electron chi connectivity index (χ4n) is 2.49. The van der Waals surface area contributed by atoms with Crippen molar-refractivity contribution < 1.29 is 23.0 Å². The zero-order valence-corrected chi connectivity index (χ0v) is 13.1. The van der Waals surface area contributed by atoms with E-state index in [2.05, 4.69) is 0 Å². The van der Waals surface area contributed by atoms with Crippen LogP contribution in [0.2, 0.25) is 0 Å². The summed E-state index contributed by atoms with van der Waals surface area (Å²) in [6.07, 6.45) is -2.28. The van der Waals surface area contributed by atoms with E-state index in [-0.39, 0.29) is 12.0 Å². The largest absolute Gasteiger partial charge is 0.489 e. The van der Waals surface area contributed by atoms with Gasteiger partial charge in [0.15, 0.2) is 6.29 Å². The molecular formula is C19H18F2O3. The molecule has 0 spiro atoms. The fraction of sp³-hybridized carbons (Fsp3) is 0.263. The van der Waals surface area contributed by atoms with Gasteiger partial charge in [0, 0.05) is 12.0 Å². The molecule has 1 aliphatic rings. The molecule has 3 nitrogen and oxygen atoms in total. The molecule has 0 aliphatic carbocycles. The fourth-order valence-corrected chi connectivity index (χ4v) is 2.49. The molecule has 0 atom stereocenters. The molecule has 126 valence electrons. The molecule has 1 heterocycles. The van der Waals surface area contributed by atoms with Gasteiger partial charge in [-0.05, 0) is 23.3 Å². The summed E-state index contributed by atoms with van der Waals surface area (Å²) >= 11 is 0. The number of halogens is 2. The number of benzene rings is 2. The smallest absolute Gasteiger partial charge is 0.274 e. The van der Waals surface area contributed by atoms with Gasteiger partial charge in [-0.2, -0.15) is 8.78 Å². The minimum atomic E-state index is -1.72. The van der Waals surface area contributed by atoms with Gasteiger partial charge in [-0.15, -0.1) is 0 Å². The van der Waals surface area contributed by atoms with Gasteiger partial charge in [0.1, 0.15) is 12.4 Å². The third-order valence-electron chi connectivity index (χ3n) is 3.74. The lowest BCUT2D eigenvalue weighted by Gasteiger charge is -2.13. The highest BCUT2D eigenvalue weighted by Crippen LogP contribution is 2.29. The molecule has 3 rings (SSSR count). The second kappa shape index (κ2) is 8.04. The molecule has 5 heteroatoms. The first-order chi connectivity index (χ1) is 11.7. The van der Waals surface area contributed by atoms with Gasteiger partial charge in [0.25, 0.3) is 6.08 Å². The van der Waals surface area contributed by atoms with Crippen molar-refractivity contribution in [3.63, 3.8) is 0 Å². The van der Waals surface area contributed by atoms with E-state index in [1.165, 1.54) is 0 Å². The summed E-state index contributed by atoms with van der Waals surface area (Å²) < 4.78 is 42.7. The van der Waals surface area contributed by atoms with E-state index in [4.69, 9.17) is 14.2 Å². The van der Waals surface area contributed by atoms with E-state index in [1.54, 1.807) is 24.3 Å². The maximum Gasteiger partial charge on any atom is 0.274 e. The summed E-state index contributed by atoms with van der Waals surface area (Å²) in [5, 5.41) is 0. The van der Waals surface area contributed by atoms with Crippen LogP contribution >= 0.6 is 0 Å². The van der Waals surface area contributed by atoms with Gasteiger partial charge in [-0.3, -0.25) is 0 Å². The van der Waals surface area contributed by atoms with E-state index in [0.717, 1.165) is 5.56 Å². The van der Waals surface area contributed by atoms with Crippen molar-refractivity contribution in [2.45, 2.75) is 19.3 Å². The van der Waals surface area contributed by atoms with E-state index in [9.17, 15) is 8.78 Å². The number of hydrogen-bond acceptors (Lipinski definition) is 3. The lowest BCUT2D eigenvalue weighted by Crippen LogP contribution is -2.08. The highest BCUT2D eigenvalue weighted by atomic mass is 19.3. The first kappa shape index (κ1) is 16.6. The summed E-state index contributed by atoms with van der Waals surface area (Å²) in [6, 6.07) is 16.4. The zero-order valence-electron chi connectivity index (χ0n) is 13.1. The topological polar surface area (TPSA) is 27.7 Å². The molecule has 0 N–H and O–H groups in total. The quantitative estimate of drug-likeness (QED) is 0.771. The first-order valence-electron chi connectivity index (χ1n) is 7.77. The van der Waals surface area contributed by atoms with Crippen molar-refractivity contribution in [1.29, 1.82) is 0 Å². The SMILES string of the molecule is FC(F)=C(CC1OCCO1)c1ccc(OCc2ccccc2)cc1. The molecule has 0 aromatic heterocycles. The van der Waals surface area contributed by atoms with Gasteiger partial charge in [0.2, 0.25) is 0 Å². The number of rotatable bonds is 6. The Morgan fingerprint density at radius 3 is 2.25 bits per heavy atom. The normalized spacial score (nSPS) is 14.6. The van der Waals surface area contributed by atoms with Crippen LogP contribution < -0.4 is 4.74 Å². The molecule has 0 unspecified atom stereocenters. The van der Waals surface area contributed by atoms with Crippen LogP contribution in [0.3, 0.4) is 0 Å². The van der Waals surface area contributed by atoms with Crippen molar-refractivity contribution in [3.05, 3.63) is 71.8 Å². The maximum absolute atomic E-state index is 13.2. The Hall–Kier alpha value is -2.24. The van der Waals surface area contributed by atoms with E-state index in [0.29, 0.717) is 31.1 Å². The molecule has 1 saturated heterocycles.